The lowest BCUT2D eigenvalue weighted by molar-refractivity contribution is 0.0274. The second-order valence-electron chi connectivity index (χ2n) is 8.92. The van der Waals surface area contributed by atoms with Gasteiger partial charge in [-0.25, -0.2) is 24.1 Å². The SMILES string of the molecule is COc1ncc(N2CCc3ncnc(O[C@H]4CCN(C(=O)OC(C)(C)C)C4)c3C2)cc1F. The molecule has 32 heavy (non-hydrogen) atoms. The molecule has 9 nitrogen and oxygen atoms in total. The summed E-state index contributed by atoms with van der Waals surface area (Å²) in [7, 11) is 1.39. The number of rotatable bonds is 4. The van der Waals surface area contributed by atoms with Crippen molar-refractivity contribution in [1.29, 1.82) is 0 Å². The average Bonchev–Trinajstić information content (AvgIpc) is 3.21. The molecule has 0 aliphatic carbocycles. The Morgan fingerprint density at radius 2 is 2.00 bits per heavy atom. The number of amides is 1. The highest BCUT2D eigenvalue weighted by atomic mass is 19.1. The number of pyridine rings is 1. The Morgan fingerprint density at radius 3 is 2.72 bits per heavy atom. The fraction of sp³-hybridized carbons (Fsp3) is 0.545. The zero-order valence-electron chi connectivity index (χ0n) is 18.8. The van der Waals surface area contributed by atoms with Crippen molar-refractivity contribution in [3.05, 3.63) is 35.7 Å². The molecule has 0 unspecified atom stereocenters. The molecule has 1 fully saturated rings. The second-order valence-corrected chi connectivity index (χ2v) is 8.92. The first-order valence-corrected chi connectivity index (χ1v) is 10.7. The minimum atomic E-state index is -0.541. The fourth-order valence-corrected chi connectivity index (χ4v) is 3.85. The maximum absolute atomic E-state index is 14.1. The van der Waals surface area contributed by atoms with Crippen molar-refractivity contribution in [2.45, 2.75) is 51.9 Å². The first-order chi connectivity index (χ1) is 15.2. The number of likely N-dealkylation sites (tertiary alicyclic amines) is 1. The predicted molar refractivity (Wildman–Crippen MR) is 114 cm³/mol. The van der Waals surface area contributed by atoms with Gasteiger partial charge in [-0.2, -0.15) is 0 Å². The molecule has 0 aromatic carbocycles. The Morgan fingerprint density at radius 1 is 1.19 bits per heavy atom. The van der Waals surface area contributed by atoms with E-state index in [0.717, 1.165) is 11.3 Å². The van der Waals surface area contributed by atoms with Gasteiger partial charge in [0.15, 0.2) is 5.82 Å². The monoisotopic (exact) mass is 445 g/mol. The van der Waals surface area contributed by atoms with Gasteiger partial charge in [-0.3, -0.25) is 0 Å². The van der Waals surface area contributed by atoms with Crippen molar-refractivity contribution < 1.29 is 23.4 Å². The van der Waals surface area contributed by atoms with Crippen LogP contribution in [0.1, 0.15) is 38.4 Å². The van der Waals surface area contributed by atoms with Crippen LogP contribution in [0.5, 0.6) is 11.8 Å². The maximum Gasteiger partial charge on any atom is 0.410 e. The van der Waals surface area contributed by atoms with Crippen LogP contribution < -0.4 is 14.4 Å². The van der Waals surface area contributed by atoms with E-state index in [1.807, 2.05) is 25.7 Å². The third-order valence-corrected chi connectivity index (χ3v) is 5.39. The van der Waals surface area contributed by atoms with E-state index in [1.54, 1.807) is 11.1 Å². The minimum Gasteiger partial charge on any atom is -0.479 e. The number of aromatic nitrogens is 3. The molecule has 1 amide bonds. The molecular weight excluding hydrogens is 417 g/mol. The molecule has 4 heterocycles. The van der Waals surface area contributed by atoms with Crippen molar-refractivity contribution in [3.8, 4) is 11.8 Å². The number of carbonyl (C=O) groups is 1. The van der Waals surface area contributed by atoms with Gasteiger partial charge in [0.2, 0.25) is 11.8 Å². The number of ether oxygens (including phenoxy) is 3. The lowest BCUT2D eigenvalue weighted by Crippen LogP contribution is -2.36. The molecular formula is C22H28FN5O4. The maximum atomic E-state index is 14.1. The summed E-state index contributed by atoms with van der Waals surface area (Å²) >= 11 is 0. The number of carbonyl (C=O) groups excluding carboxylic acids is 1. The third-order valence-electron chi connectivity index (χ3n) is 5.39. The van der Waals surface area contributed by atoms with Crippen molar-refractivity contribution >= 4 is 11.8 Å². The van der Waals surface area contributed by atoms with Crippen LogP contribution in [0.2, 0.25) is 0 Å². The molecule has 0 radical (unpaired) electrons. The third kappa shape index (κ3) is 4.84. The van der Waals surface area contributed by atoms with Crippen LogP contribution >= 0.6 is 0 Å². The van der Waals surface area contributed by atoms with Crippen LogP contribution in [0, 0.1) is 5.82 Å². The van der Waals surface area contributed by atoms with E-state index >= 15 is 0 Å². The fourth-order valence-electron chi connectivity index (χ4n) is 3.85. The summed E-state index contributed by atoms with van der Waals surface area (Å²) in [6.07, 6.45) is 3.93. The highest BCUT2D eigenvalue weighted by Crippen LogP contribution is 2.31. The summed E-state index contributed by atoms with van der Waals surface area (Å²) in [5.74, 6) is -0.0447. The Hall–Kier alpha value is -3.17. The smallest absolute Gasteiger partial charge is 0.410 e. The number of anilines is 1. The van der Waals surface area contributed by atoms with E-state index < -0.39 is 11.4 Å². The van der Waals surface area contributed by atoms with Gasteiger partial charge in [0.1, 0.15) is 18.0 Å². The van der Waals surface area contributed by atoms with Crippen LogP contribution in [0.15, 0.2) is 18.6 Å². The average molecular weight is 445 g/mol. The Kier molecular flexibility index (Phi) is 6.03. The number of fused-ring (bicyclic) bond motifs is 1. The van der Waals surface area contributed by atoms with Crippen molar-refractivity contribution in [1.82, 2.24) is 19.9 Å². The molecule has 2 aliphatic rings. The van der Waals surface area contributed by atoms with Crippen LogP contribution in [0.25, 0.3) is 0 Å². The quantitative estimate of drug-likeness (QED) is 0.710. The Labute approximate surface area is 186 Å². The summed E-state index contributed by atoms with van der Waals surface area (Å²) in [5.41, 5.74) is 1.89. The standard InChI is InChI=1S/C22H28FN5O4/c1-22(2,3)32-21(29)28-7-5-15(11-28)31-19-16-12-27(8-6-18(16)25-13-26-19)14-9-17(23)20(30-4)24-10-14/h9-10,13,15H,5-8,11-12H2,1-4H3/t15-/m0/s1. The van der Waals surface area contributed by atoms with Gasteiger partial charge >= 0.3 is 6.09 Å². The lowest BCUT2D eigenvalue weighted by Gasteiger charge is -2.31. The van der Waals surface area contributed by atoms with E-state index in [4.69, 9.17) is 14.2 Å². The number of methoxy groups -OCH3 is 1. The van der Waals surface area contributed by atoms with E-state index in [0.29, 0.717) is 50.6 Å². The normalized spacial score (nSPS) is 18.3. The van der Waals surface area contributed by atoms with Gasteiger partial charge in [-0.1, -0.05) is 0 Å². The van der Waals surface area contributed by atoms with Crippen LogP contribution in [0.4, 0.5) is 14.9 Å². The molecule has 0 N–H and O–H groups in total. The summed E-state index contributed by atoms with van der Waals surface area (Å²) in [4.78, 5) is 28.8. The second kappa shape index (κ2) is 8.76. The Balaban J connectivity index is 1.46. The molecule has 0 spiro atoms. The number of halogens is 1. The molecule has 4 rings (SSSR count). The molecule has 2 aliphatic heterocycles. The molecule has 172 valence electrons. The van der Waals surface area contributed by atoms with Crippen LogP contribution in [-0.4, -0.2) is 64.4 Å². The van der Waals surface area contributed by atoms with E-state index in [2.05, 4.69) is 15.0 Å². The summed E-state index contributed by atoms with van der Waals surface area (Å²) in [6.45, 7) is 7.68. The zero-order valence-corrected chi connectivity index (χ0v) is 18.8. The van der Waals surface area contributed by atoms with E-state index in [-0.39, 0.29) is 18.1 Å². The largest absolute Gasteiger partial charge is 0.479 e. The van der Waals surface area contributed by atoms with Gasteiger partial charge in [0.05, 0.1) is 43.3 Å². The Bertz CT molecular complexity index is 997. The number of hydrogen-bond acceptors (Lipinski definition) is 8. The van der Waals surface area contributed by atoms with Crippen LogP contribution in [-0.2, 0) is 17.7 Å². The predicted octanol–water partition coefficient (Wildman–Crippen LogP) is 2.97. The molecule has 1 saturated heterocycles. The topological polar surface area (TPSA) is 89.9 Å². The van der Waals surface area contributed by atoms with Crippen LogP contribution in [0.3, 0.4) is 0 Å². The van der Waals surface area contributed by atoms with Gasteiger partial charge in [-0.15, -0.1) is 0 Å². The van der Waals surface area contributed by atoms with Gasteiger partial charge < -0.3 is 24.0 Å². The highest BCUT2D eigenvalue weighted by Gasteiger charge is 2.32. The molecule has 1 atom stereocenters. The van der Waals surface area contributed by atoms with Crippen molar-refractivity contribution in [2.24, 2.45) is 0 Å². The first-order valence-electron chi connectivity index (χ1n) is 10.7. The van der Waals surface area contributed by atoms with Gasteiger partial charge in [-0.05, 0) is 20.8 Å². The first kappa shape index (κ1) is 22.0. The number of hydrogen-bond donors (Lipinski definition) is 0. The van der Waals surface area contributed by atoms with Gasteiger partial charge in [0, 0.05) is 32.0 Å². The van der Waals surface area contributed by atoms with Crippen molar-refractivity contribution in [3.63, 3.8) is 0 Å². The molecule has 0 saturated carbocycles. The zero-order chi connectivity index (χ0) is 22.9. The molecule has 2 aromatic heterocycles. The van der Waals surface area contributed by atoms with Crippen molar-refractivity contribution in [2.75, 3.05) is 31.6 Å². The number of nitrogens with zero attached hydrogens (tertiary/aromatic N) is 5. The minimum absolute atomic E-state index is 0.0331. The summed E-state index contributed by atoms with van der Waals surface area (Å²) in [6, 6.07) is 1.41. The van der Waals surface area contributed by atoms with E-state index in [1.165, 1.54) is 19.5 Å². The summed E-state index contributed by atoms with van der Waals surface area (Å²) in [5, 5.41) is 0. The lowest BCUT2D eigenvalue weighted by atomic mass is 10.1. The molecule has 0 bridgehead atoms. The van der Waals surface area contributed by atoms with Gasteiger partial charge in [0.25, 0.3) is 0 Å². The highest BCUT2D eigenvalue weighted by molar-refractivity contribution is 5.68. The molecule has 10 heteroatoms. The van der Waals surface area contributed by atoms with E-state index in [9.17, 15) is 9.18 Å². The molecule has 2 aromatic rings. The summed E-state index contributed by atoms with van der Waals surface area (Å²) < 4.78 is 30.7.